The van der Waals surface area contributed by atoms with Crippen LogP contribution in [0.15, 0.2) is 98.6 Å². The lowest BCUT2D eigenvalue weighted by atomic mass is 9.83. The van der Waals surface area contributed by atoms with Crippen molar-refractivity contribution in [3.8, 4) is 11.3 Å². The van der Waals surface area contributed by atoms with E-state index >= 15 is 0 Å². The van der Waals surface area contributed by atoms with Gasteiger partial charge < -0.3 is 4.42 Å². The molecule has 0 radical (unpaired) electrons. The number of nitro groups is 2. The van der Waals surface area contributed by atoms with E-state index in [9.17, 15) is 25.0 Å². The Morgan fingerprint density at radius 2 is 1.81 bits per heavy atom. The molecule has 1 aliphatic carbocycles. The number of thiazole rings is 1. The van der Waals surface area contributed by atoms with Crippen LogP contribution < -0.4 is 14.9 Å². The summed E-state index contributed by atoms with van der Waals surface area (Å²) in [5.41, 5.74) is 4.38. The van der Waals surface area contributed by atoms with Gasteiger partial charge in [0.15, 0.2) is 4.80 Å². The van der Waals surface area contributed by atoms with E-state index < -0.39 is 15.9 Å². The number of non-ortho nitro benzene ring substituents is 1. The van der Waals surface area contributed by atoms with Gasteiger partial charge in [-0.05, 0) is 53.8 Å². The molecule has 10 nitrogen and oxygen atoms in total. The molecule has 0 unspecified atom stereocenters. The van der Waals surface area contributed by atoms with Crippen LogP contribution in [0.2, 0.25) is 5.02 Å². The first-order valence-corrected chi connectivity index (χ1v) is 14.4. The first-order chi connectivity index (χ1) is 20.8. The first kappa shape index (κ1) is 26.7. The van der Waals surface area contributed by atoms with Gasteiger partial charge in [-0.3, -0.25) is 29.6 Å². The minimum absolute atomic E-state index is 0.0188. The maximum Gasteiger partial charge on any atom is 0.288 e. The van der Waals surface area contributed by atoms with Crippen LogP contribution >= 0.6 is 22.9 Å². The van der Waals surface area contributed by atoms with Gasteiger partial charge in [-0.1, -0.05) is 59.3 Å². The largest absolute Gasteiger partial charge is 0.457 e. The molecule has 212 valence electrons. The van der Waals surface area contributed by atoms with Crippen molar-refractivity contribution >= 4 is 46.1 Å². The number of rotatable bonds is 5. The zero-order chi connectivity index (χ0) is 29.8. The molecule has 0 saturated heterocycles. The Bertz CT molecular complexity index is 2210. The van der Waals surface area contributed by atoms with Gasteiger partial charge in [0.1, 0.15) is 16.5 Å². The fourth-order valence-corrected chi connectivity index (χ4v) is 6.82. The van der Waals surface area contributed by atoms with Gasteiger partial charge in [0.25, 0.3) is 16.9 Å². The predicted molar refractivity (Wildman–Crippen MR) is 162 cm³/mol. The van der Waals surface area contributed by atoms with E-state index in [-0.39, 0.29) is 22.0 Å². The molecule has 2 aromatic heterocycles. The highest BCUT2D eigenvalue weighted by molar-refractivity contribution is 7.07. The van der Waals surface area contributed by atoms with Crippen molar-refractivity contribution < 1.29 is 14.3 Å². The molecular weight excluding hydrogens is 592 g/mol. The van der Waals surface area contributed by atoms with Crippen LogP contribution in [0.3, 0.4) is 0 Å². The minimum Gasteiger partial charge on any atom is -0.457 e. The third kappa shape index (κ3) is 4.59. The van der Waals surface area contributed by atoms with E-state index in [1.54, 1.807) is 41.0 Å². The average Bonchev–Trinajstić information content (AvgIpc) is 3.60. The van der Waals surface area contributed by atoms with Crippen LogP contribution in [-0.2, 0) is 6.42 Å². The summed E-state index contributed by atoms with van der Waals surface area (Å²) in [7, 11) is 0. The molecule has 0 amide bonds. The lowest BCUT2D eigenvalue weighted by Gasteiger charge is -2.30. The summed E-state index contributed by atoms with van der Waals surface area (Å²) in [4.78, 5) is 41.4. The van der Waals surface area contributed by atoms with Crippen molar-refractivity contribution in [2.24, 2.45) is 4.99 Å². The number of fused-ring (bicyclic) bond motifs is 3. The monoisotopic (exact) mass is 610 g/mol. The Balaban J connectivity index is 1.38. The number of aryl methyl sites for hydroxylation is 1. The number of furan rings is 1. The van der Waals surface area contributed by atoms with Crippen LogP contribution in [0.25, 0.3) is 23.1 Å². The number of hydrogen-bond acceptors (Lipinski definition) is 8. The molecule has 0 bridgehead atoms. The normalized spacial score (nSPS) is 15.8. The number of halogens is 1. The number of aromatic nitrogens is 1. The molecule has 5 aromatic rings. The van der Waals surface area contributed by atoms with E-state index in [1.807, 2.05) is 18.2 Å². The average molecular weight is 611 g/mol. The van der Waals surface area contributed by atoms with E-state index in [0.29, 0.717) is 38.4 Å². The molecule has 1 aliphatic heterocycles. The molecule has 0 fully saturated rings. The van der Waals surface area contributed by atoms with Crippen molar-refractivity contribution in [3.63, 3.8) is 0 Å². The smallest absolute Gasteiger partial charge is 0.288 e. The lowest BCUT2D eigenvalue weighted by Crippen LogP contribution is -2.38. The Kier molecular flexibility index (Phi) is 6.41. The minimum atomic E-state index is -0.566. The lowest BCUT2D eigenvalue weighted by molar-refractivity contribution is -0.385. The molecule has 3 heterocycles. The first-order valence-electron chi connectivity index (χ1n) is 13.2. The van der Waals surface area contributed by atoms with E-state index in [1.165, 1.54) is 35.6 Å². The molecule has 0 spiro atoms. The van der Waals surface area contributed by atoms with Gasteiger partial charge >= 0.3 is 0 Å². The van der Waals surface area contributed by atoms with E-state index in [0.717, 1.165) is 28.8 Å². The zero-order valence-electron chi connectivity index (χ0n) is 22.1. The van der Waals surface area contributed by atoms with Gasteiger partial charge in [-0.15, -0.1) is 0 Å². The molecule has 7 rings (SSSR count). The maximum atomic E-state index is 14.0. The highest BCUT2D eigenvalue weighted by atomic mass is 35.5. The summed E-state index contributed by atoms with van der Waals surface area (Å²) in [5.74, 6) is 0.749. The molecule has 12 heteroatoms. The summed E-state index contributed by atoms with van der Waals surface area (Å²) in [6.07, 6.45) is 3.03. The van der Waals surface area contributed by atoms with Gasteiger partial charge in [0.2, 0.25) is 0 Å². The molecule has 1 atom stereocenters. The summed E-state index contributed by atoms with van der Waals surface area (Å²) in [6.45, 7) is 0. The second-order valence-electron chi connectivity index (χ2n) is 10.1. The molecule has 3 aromatic carbocycles. The van der Waals surface area contributed by atoms with Gasteiger partial charge in [0, 0.05) is 35.4 Å². The second-order valence-corrected chi connectivity index (χ2v) is 11.5. The maximum absolute atomic E-state index is 14.0. The number of nitrogens with zero attached hydrogens (tertiary/aromatic N) is 4. The molecule has 2 aliphatic rings. The third-order valence-corrected chi connectivity index (χ3v) is 8.90. The van der Waals surface area contributed by atoms with Crippen LogP contribution in [0.5, 0.6) is 0 Å². The quantitative estimate of drug-likeness (QED) is 0.176. The highest BCUT2D eigenvalue weighted by Crippen LogP contribution is 2.41. The summed E-state index contributed by atoms with van der Waals surface area (Å²) in [5, 5.41) is 23.0. The number of nitro benzene ring substituents is 2. The van der Waals surface area contributed by atoms with Crippen molar-refractivity contribution in [2.45, 2.75) is 18.9 Å². The van der Waals surface area contributed by atoms with Crippen molar-refractivity contribution in [1.82, 2.24) is 4.57 Å². The molecule has 0 N–H and O–H groups in total. The summed E-state index contributed by atoms with van der Waals surface area (Å²) < 4.78 is 7.92. The Labute approximate surface area is 251 Å². The van der Waals surface area contributed by atoms with Gasteiger partial charge in [-0.2, -0.15) is 0 Å². The topological polar surface area (TPSA) is 134 Å². The van der Waals surface area contributed by atoms with Gasteiger partial charge in [-0.25, -0.2) is 4.99 Å². The zero-order valence-corrected chi connectivity index (χ0v) is 23.7. The standard InChI is InChI=1S/C31H19ClN4O6S/c32-24-12-9-18(15-25(24)36(40)41)26-13-10-21(42-26)16-27-30(37)34-29(19-5-3-6-20(14-19)35(38)39)23-11-8-17-4-1-2-7-22(17)28(23)33-31(34)43-27/h1-7,9-10,12-16,29H,8,11H2/b27-16+/t29-/m0/s1. The number of hydrogen-bond donors (Lipinski definition) is 0. The van der Waals surface area contributed by atoms with Crippen LogP contribution in [-0.4, -0.2) is 14.4 Å². The second kappa shape index (κ2) is 10.3. The Morgan fingerprint density at radius 3 is 2.63 bits per heavy atom. The van der Waals surface area contributed by atoms with Crippen molar-refractivity contribution in [2.75, 3.05) is 0 Å². The van der Waals surface area contributed by atoms with Crippen LogP contribution in [0.1, 0.15) is 34.9 Å². The predicted octanol–water partition coefficient (Wildman–Crippen LogP) is 6.05. The summed E-state index contributed by atoms with van der Waals surface area (Å²) in [6, 6.07) is 21.6. The molecular formula is C31H19ClN4O6S. The fraction of sp³-hybridized carbons (Fsp3) is 0.0968. The molecule has 43 heavy (non-hydrogen) atoms. The Hall–Kier alpha value is -5.13. The van der Waals surface area contributed by atoms with Crippen LogP contribution in [0, 0.1) is 20.2 Å². The third-order valence-electron chi connectivity index (χ3n) is 7.60. The highest BCUT2D eigenvalue weighted by Gasteiger charge is 2.33. The van der Waals surface area contributed by atoms with Gasteiger partial charge in [0.05, 0.1) is 26.1 Å². The number of allylic oxidation sites excluding steroid dienone is 1. The number of benzene rings is 3. The SMILES string of the molecule is O=c1/c(=C\c2ccc(-c3ccc(Cl)c([N+](=O)[O-])c3)o2)sc2n1[C@@H](c1cccc([N+](=O)[O-])c1)C1=C(N=2)c2ccccc2CC1. The van der Waals surface area contributed by atoms with E-state index in [4.69, 9.17) is 21.0 Å². The van der Waals surface area contributed by atoms with E-state index in [2.05, 4.69) is 6.07 Å². The van der Waals surface area contributed by atoms with Crippen LogP contribution in [0.4, 0.5) is 11.4 Å². The Morgan fingerprint density at radius 1 is 0.977 bits per heavy atom. The summed E-state index contributed by atoms with van der Waals surface area (Å²) >= 11 is 7.15. The van der Waals surface area contributed by atoms with Crippen molar-refractivity contribution in [1.29, 1.82) is 0 Å². The van der Waals surface area contributed by atoms with Crippen molar-refractivity contribution in [3.05, 3.63) is 152 Å². The molecule has 0 saturated carbocycles. The fourth-order valence-electron chi connectivity index (χ4n) is 5.65.